The van der Waals surface area contributed by atoms with Crippen LogP contribution in [0.15, 0.2) is 53.0 Å². The maximum Gasteiger partial charge on any atom is 0.319 e. The zero-order chi connectivity index (χ0) is 18.4. The maximum atomic E-state index is 12.5. The second-order valence-electron chi connectivity index (χ2n) is 6.08. The van der Waals surface area contributed by atoms with Crippen molar-refractivity contribution in [3.8, 4) is 0 Å². The van der Waals surface area contributed by atoms with Crippen LogP contribution in [0.5, 0.6) is 0 Å². The van der Waals surface area contributed by atoms with Crippen LogP contribution in [0.1, 0.15) is 42.7 Å². The number of nitrogens with one attached hydrogen (secondary N) is 3. The van der Waals surface area contributed by atoms with Crippen molar-refractivity contribution in [3.05, 3.63) is 64.1 Å². The summed E-state index contributed by atoms with van der Waals surface area (Å²) in [6.45, 7) is 5.69. The van der Waals surface area contributed by atoms with Gasteiger partial charge in [0.05, 0.1) is 6.04 Å². The molecule has 25 heavy (non-hydrogen) atoms. The van der Waals surface area contributed by atoms with Crippen LogP contribution in [0.3, 0.4) is 0 Å². The quantitative estimate of drug-likeness (QED) is 0.688. The molecule has 5 nitrogen and oxygen atoms in total. The topological polar surface area (TPSA) is 70.2 Å². The normalized spacial score (nSPS) is 11.7. The summed E-state index contributed by atoms with van der Waals surface area (Å²) in [6, 6.07) is 14.3. The number of benzene rings is 2. The molecule has 0 aliphatic rings. The number of hydrogen-bond acceptors (Lipinski definition) is 2. The van der Waals surface area contributed by atoms with Crippen LogP contribution in [0.4, 0.5) is 10.5 Å². The van der Waals surface area contributed by atoms with Gasteiger partial charge in [-0.25, -0.2) is 4.79 Å². The molecule has 0 heterocycles. The van der Waals surface area contributed by atoms with Crippen molar-refractivity contribution in [3.63, 3.8) is 0 Å². The van der Waals surface area contributed by atoms with Crippen molar-refractivity contribution in [1.29, 1.82) is 0 Å². The largest absolute Gasteiger partial charge is 0.346 e. The first-order valence-corrected chi connectivity index (χ1v) is 8.88. The summed E-state index contributed by atoms with van der Waals surface area (Å²) in [5, 5.41) is 8.43. The molecule has 2 aromatic rings. The molecule has 2 aromatic carbocycles. The van der Waals surface area contributed by atoms with E-state index in [2.05, 4.69) is 31.9 Å². The van der Waals surface area contributed by atoms with E-state index in [1.807, 2.05) is 45.0 Å². The number of amides is 3. The summed E-state index contributed by atoms with van der Waals surface area (Å²) in [7, 11) is 0. The van der Waals surface area contributed by atoms with Gasteiger partial charge in [-0.05, 0) is 56.7 Å². The van der Waals surface area contributed by atoms with E-state index in [1.165, 1.54) is 0 Å². The molecule has 0 saturated carbocycles. The lowest BCUT2D eigenvalue weighted by atomic mass is 10.1. The highest BCUT2D eigenvalue weighted by Crippen LogP contribution is 2.19. The van der Waals surface area contributed by atoms with Crippen LogP contribution >= 0.6 is 15.9 Å². The number of anilines is 1. The van der Waals surface area contributed by atoms with Crippen molar-refractivity contribution in [2.75, 3.05) is 5.32 Å². The summed E-state index contributed by atoms with van der Waals surface area (Å²) < 4.78 is 0.966. The molecule has 0 aliphatic heterocycles. The number of rotatable bonds is 5. The zero-order valence-corrected chi connectivity index (χ0v) is 16.1. The zero-order valence-electron chi connectivity index (χ0n) is 14.5. The van der Waals surface area contributed by atoms with E-state index in [9.17, 15) is 9.59 Å². The average molecular weight is 404 g/mol. The third-order valence-corrected chi connectivity index (χ3v) is 3.99. The van der Waals surface area contributed by atoms with E-state index in [-0.39, 0.29) is 24.0 Å². The van der Waals surface area contributed by atoms with Gasteiger partial charge in [0, 0.05) is 21.8 Å². The second kappa shape index (κ2) is 8.67. The summed E-state index contributed by atoms with van der Waals surface area (Å²) in [5.41, 5.74) is 2.07. The Bertz CT molecular complexity index is 762. The lowest BCUT2D eigenvalue weighted by molar-refractivity contribution is 0.0940. The van der Waals surface area contributed by atoms with E-state index in [4.69, 9.17) is 0 Å². The van der Waals surface area contributed by atoms with Crippen LogP contribution in [0, 0.1) is 0 Å². The monoisotopic (exact) mass is 403 g/mol. The van der Waals surface area contributed by atoms with E-state index in [0.717, 1.165) is 10.0 Å². The molecular weight excluding hydrogens is 382 g/mol. The van der Waals surface area contributed by atoms with Gasteiger partial charge in [-0.15, -0.1) is 0 Å². The number of carbonyl (C=O) groups is 2. The Kier molecular flexibility index (Phi) is 6.58. The summed E-state index contributed by atoms with van der Waals surface area (Å²) >= 11 is 3.43. The van der Waals surface area contributed by atoms with Crippen LogP contribution in [0.2, 0.25) is 0 Å². The number of carbonyl (C=O) groups excluding carboxylic acids is 2. The Morgan fingerprint density at radius 2 is 1.68 bits per heavy atom. The molecule has 0 aliphatic carbocycles. The number of hydrogen-bond donors (Lipinski definition) is 3. The molecule has 2 rings (SSSR count). The maximum absolute atomic E-state index is 12.5. The van der Waals surface area contributed by atoms with Crippen molar-refractivity contribution >= 4 is 33.6 Å². The van der Waals surface area contributed by atoms with Crippen molar-refractivity contribution in [2.45, 2.75) is 32.9 Å². The summed E-state index contributed by atoms with van der Waals surface area (Å²) in [6.07, 6.45) is 0. The van der Waals surface area contributed by atoms with Crippen molar-refractivity contribution in [1.82, 2.24) is 10.6 Å². The predicted molar refractivity (Wildman–Crippen MR) is 104 cm³/mol. The van der Waals surface area contributed by atoms with Crippen molar-refractivity contribution < 1.29 is 9.59 Å². The van der Waals surface area contributed by atoms with E-state index < -0.39 is 0 Å². The van der Waals surface area contributed by atoms with Gasteiger partial charge in [0.2, 0.25) is 0 Å². The predicted octanol–water partition coefficient (Wildman–Crippen LogP) is 4.47. The lowest BCUT2D eigenvalue weighted by Gasteiger charge is -2.15. The van der Waals surface area contributed by atoms with E-state index in [1.54, 1.807) is 24.3 Å². The van der Waals surface area contributed by atoms with Gasteiger partial charge in [-0.2, -0.15) is 0 Å². The van der Waals surface area contributed by atoms with Crippen molar-refractivity contribution in [2.24, 2.45) is 0 Å². The highest BCUT2D eigenvalue weighted by atomic mass is 79.9. The standard InChI is InChI=1S/C19H22BrN3O2/c1-12(2)21-19(25)23-17-9-5-7-15(11-17)18(24)22-13(3)14-6-4-8-16(20)10-14/h4-13H,1-3H3,(H,22,24)(H2,21,23,25). The van der Waals surface area contributed by atoms with Crippen LogP contribution in [-0.4, -0.2) is 18.0 Å². The number of urea groups is 1. The fraction of sp³-hybridized carbons (Fsp3) is 0.263. The molecule has 0 radical (unpaired) electrons. The molecule has 0 fully saturated rings. The lowest BCUT2D eigenvalue weighted by Crippen LogP contribution is -2.34. The van der Waals surface area contributed by atoms with Gasteiger partial charge < -0.3 is 16.0 Å². The molecule has 3 amide bonds. The molecule has 0 bridgehead atoms. The Balaban J connectivity index is 2.04. The smallest absolute Gasteiger partial charge is 0.319 e. The highest BCUT2D eigenvalue weighted by molar-refractivity contribution is 9.10. The minimum Gasteiger partial charge on any atom is -0.346 e. The third-order valence-electron chi connectivity index (χ3n) is 3.50. The molecule has 132 valence electrons. The fourth-order valence-electron chi connectivity index (χ4n) is 2.31. The third kappa shape index (κ3) is 5.90. The Morgan fingerprint density at radius 1 is 0.960 bits per heavy atom. The molecule has 3 N–H and O–H groups in total. The molecule has 1 atom stereocenters. The van der Waals surface area contributed by atoms with E-state index in [0.29, 0.717) is 11.3 Å². The van der Waals surface area contributed by atoms with Gasteiger partial charge in [-0.3, -0.25) is 4.79 Å². The van der Waals surface area contributed by atoms with Gasteiger partial charge in [0.1, 0.15) is 0 Å². The summed E-state index contributed by atoms with van der Waals surface area (Å²) in [5.74, 6) is -0.194. The minimum absolute atomic E-state index is 0.0394. The van der Waals surface area contributed by atoms with Gasteiger partial charge in [-0.1, -0.05) is 34.1 Å². The number of halogens is 1. The first-order chi connectivity index (χ1) is 11.8. The average Bonchev–Trinajstić information content (AvgIpc) is 2.54. The molecule has 0 spiro atoms. The molecule has 0 aromatic heterocycles. The van der Waals surface area contributed by atoms with Gasteiger partial charge in [0.15, 0.2) is 0 Å². The Hall–Kier alpha value is -2.34. The highest BCUT2D eigenvalue weighted by Gasteiger charge is 2.13. The van der Waals surface area contributed by atoms with E-state index >= 15 is 0 Å². The minimum atomic E-state index is -0.296. The molecular formula is C19H22BrN3O2. The molecule has 0 saturated heterocycles. The second-order valence-corrected chi connectivity index (χ2v) is 7.00. The Morgan fingerprint density at radius 3 is 2.36 bits per heavy atom. The Labute approximate surface area is 156 Å². The SMILES string of the molecule is CC(C)NC(=O)Nc1cccc(C(=O)NC(C)c2cccc(Br)c2)c1. The first-order valence-electron chi connectivity index (χ1n) is 8.09. The fourth-order valence-corrected chi connectivity index (χ4v) is 2.72. The first kappa shape index (κ1) is 19.0. The molecule has 6 heteroatoms. The van der Waals surface area contributed by atoms with Crippen LogP contribution < -0.4 is 16.0 Å². The van der Waals surface area contributed by atoms with Gasteiger partial charge >= 0.3 is 6.03 Å². The van der Waals surface area contributed by atoms with Gasteiger partial charge in [0.25, 0.3) is 5.91 Å². The summed E-state index contributed by atoms with van der Waals surface area (Å²) in [4.78, 5) is 24.2. The van der Waals surface area contributed by atoms with Crippen LogP contribution in [0.25, 0.3) is 0 Å². The molecule has 1 unspecified atom stereocenters. The van der Waals surface area contributed by atoms with Crippen LogP contribution in [-0.2, 0) is 0 Å².